The molecule has 0 atom stereocenters. The standard InChI is InChI=1S/C27H35FN2O2/c1-5-29-25(32)27(14-16-30(17-15-27)24(31)19-26(2,3)4)18-20-10-12-21(13-11-20)22-8-6-7-9-23(22)28/h6-13H,5,14-19H2,1-4H3,(H,29,32). The Morgan fingerprint density at radius 2 is 1.66 bits per heavy atom. The first kappa shape index (κ1) is 24.0. The number of carbonyl (C=O) groups excluding carboxylic acids is 2. The summed E-state index contributed by atoms with van der Waals surface area (Å²) in [5, 5.41) is 3.01. The number of carbonyl (C=O) groups is 2. The van der Waals surface area contributed by atoms with E-state index in [2.05, 4.69) is 26.1 Å². The minimum absolute atomic E-state index is 0.0504. The van der Waals surface area contributed by atoms with Crippen LogP contribution in [0.4, 0.5) is 4.39 Å². The number of hydrogen-bond acceptors (Lipinski definition) is 2. The van der Waals surface area contributed by atoms with Gasteiger partial charge in [0.2, 0.25) is 11.8 Å². The summed E-state index contributed by atoms with van der Waals surface area (Å²) in [5.41, 5.74) is 1.86. The van der Waals surface area contributed by atoms with E-state index >= 15 is 0 Å². The second-order valence-corrected chi connectivity index (χ2v) is 10.1. The van der Waals surface area contributed by atoms with E-state index in [-0.39, 0.29) is 23.0 Å². The highest BCUT2D eigenvalue weighted by Crippen LogP contribution is 2.37. The topological polar surface area (TPSA) is 49.4 Å². The fourth-order valence-electron chi connectivity index (χ4n) is 4.47. The summed E-state index contributed by atoms with van der Waals surface area (Å²) in [7, 11) is 0. The first-order valence-electron chi connectivity index (χ1n) is 11.5. The molecule has 1 aliphatic heterocycles. The zero-order valence-electron chi connectivity index (χ0n) is 19.7. The van der Waals surface area contributed by atoms with Crippen molar-refractivity contribution in [3.05, 3.63) is 59.9 Å². The quantitative estimate of drug-likeness (QED) is 0.673. The summed E-state index contributed by atoms with van der Waals surface area (Å²) in [5.74, 6) is -0.0244. The maximum Gasteiger partial charge on any atom is 0.226 e. The largest absolute Gasteiger partial charge is 0.356 e. The van der Waals surface area contributed by atoms with Gasteiger partial charge in [-0.2, -0.15) is 0 Å². The molecule has 2 aromatic rings. The molecule has 0 radical (unpaired) electrons. The van der Waals surface area contributed by atoms with Gasteiger partial charge in [-0.05, 0) is 48.8 Å². The van der Waals surface area contributed by atoms with E-state index in [1.54, 1.807) is 12.1 Å². The number of nitrogens with one attached hydrogen (secondary N) is 1. The highest BCUT2D eigenvalue weighted by molar-refractivity contribution is 5.84. The van der Waals surface area contributed by atoms with Crippen LogP contribution >= 0.6 is 0 Å². The van der Waals surface area contributed by atoms with Crippen LogP contribution in [0.15, 0.2) is 48.5 Å². The summed E-state index contributed by atoms with van der Waals surface area (Å²) in [6.45, 7) is 9.91. The van der Waals surface area contributed by atoms with Gasteiger partial charge < -0.3 is 10.2 Å². The van der Waals surface area contributed by atoms with E-state index in [0.29, 0.717) is 50.9 Å². The Hall–Kier alpha value is -2.69. The Morgan fingerprint density at radius 3 is 2.22 bits per heavy atom. The lowest BCUT2D eigenvalue weighted by molar-refractivity contribution is -0.141. The second kappa shape index (κ2) is 9.85. The number of likely N-dealkylation sites (tertiary alicyclic amines) is 1. The summed E-state index contributed by atoms with van der Waals surface area (Å²) >= 11 is 0. The molecule has 0 saturated carbocycles. The molecule has 1 heterocycles. The summed E-state index contributed by atoms with van der Waals surface area (Å²) < 4.78 is 14.1. The van der Waals surface area contributed by atoms with Gasteiger partial charge >= 0.3 is 0 Å². The number of benzene rings is 2. The number of hydrogen-bond donors (Lipinski definition) is 1. The third-order valence-corrected chi connectivity index (χ3v) is 6.26. The Labute approximate surface area is 191 Å². The van der Waals surface area contributed by atoms with Crippen LogP contribution in [0.25, 0.3) is 11.1 Å². The zero-order chi connectivity index (χ0) is 23.4. The molecule has 0 bridgehead atoms. The maximum absolute atomic E-state index is 14.1. The highest BCUT2D eigenvalue weighted by atomic mass is 19.1. The molecular formula is C27H35FN2O2. The van der Waals surface area contributed by atoms with E-state index in [4.69, 9.17) is 0 Å². The van der Waals surface area contributed by atoms with Crippen LogP contribution in [-0.4, -0.2) is 36.3 Å². The molecule has 0 aliphatic carbocycles. The Kier molecular flexibility index (Phi) is 7.37. The van der Waals surface area contributed by atoms with E-state index < -0.39 is 5.41 Å². The lowest BCUT2D eigenvalue weighted by Gasteiger charge is -2.41. The van der Waals surface area contributed by atoms with Crippen molar-refractivity contribution in [2.75, 3.05) is 19.6 Å². The molecule has 32 heavy (non-hydrogen) atoms. The molecule has 5 heteroatoms. The number of amides is 2. The van der Waals surface area contributed by atoms with Crippen LogP contribution in [0, 0.1) is 16.6 Å². The molecule has 0 unspecified atom stereocenters. The molecule has 3 rings (SSSR count). The molecule has 1 saturated heterocycles. The molecule has 0 spiro atoms. The van der Waals surface area contributed by atoms with Crippen molar-refractivity contribution in [3.8, 4) is 11.1 Å². The Morgan fingerprint density at radius 1 is 1.03 bits per heavy atom. The van der Waals surface area contributed by atoms with Gasteiger partial charge in [-0.15, -0.1) is 0 Å². The molecule has 1 N–H and O–H groups in total. The predicted octanol–water partition coefficient (Wildman–Crippen LogP) is 5.22. The van der Waals surface area contributed by atoms with Crippen LogP contribution in [0.3, 0.4) is 0 Å². The van der Waals surface area contributed by atoms with Crippen LogP contribution in [-0.2, 0) is 16.0 Å². The smallest absolute Gasteiger partial charge is 0.226 e. The predicted molar refractivity (Wildman–Crippen MR) is 127 cm³/mol. The molecule has 0 aromatic heterocycles. The third kappa shape index (κ3) is 5.76. The van der Waals surface area contributed by atoms with Gasteiger partial charge in [-0.1, -0.05) is 63.2 Å². The van der Waals surface area contributed by atoms with Crippen molar-refractivity contribution in [1.29, 1.82) is 0 Å². The van der Waals surface area contributed by atoms with Crippen molar-refractivity contribution < 1.29 is 14.0 Å². The van der Waals surface area contributed by atoms with Crippen molar-refractivity contribution >= 4 is 11.8 Å². The van der Waals surface area contributed by atoms with Crippen LogP contribution in [0.5, 0.6) is 0 Å². The van der Waals surface area contributed by atoms with E-state index in [1.807, 2.05) is 42.2 Å². The van der Waals surface area contributed by atoms with Gasteiger partial charge in [0.15, 0.2) is 0 Å². The van der Waals surface area contributed by atoms with Gasteiger partial charge in [0.05, 0.1) is 5.41 Å². The molecule has 2 amide bonds. The minimum atomic E-state index is -0.534. The lowest BCUT2D eigenvalue weighted by Crippen LogP contribution is -2.51. The van der Waals surface area contributed by atoms with Crippen molar-refractivity contribution in [2.45, 2.75) is 53.4 Å². The molecule has 172 valence electrons. The summed E-state index contributed by atoms with van der Waals surface area (Å²) in [6.07, 6.45) is 2.41. The highest BCUT2D eigenvalue weighted by Gasteiger charge is 2.42. The SMILES string of the molecule is CCNC(=O)C1(Cc2ccc(-c3ccccc3F)cc2)CCN(C(=O)CC(C)(C)C)CC1. The molecular weight excluding hydrogens is 403 g/mol. The van der Waals surface area contributed by atoms with Crippen molar-refractivity contribution in [2.24, 2.45) is 10.8 Å². The average Bonchev–Trinajstić information content (AvgIpc) is 2.74. The van der Waals surface area contributed by atoms with Crippen LogP contribution in [0.2, 0.25) is 0 Å². The Bertz CT molecular complexity index is 939. The first-order chi connectivity index (χ1) is 15.1. The van der Waals surface area contributed by atoms with E-state index in [0.717, 1.165) is 11.1 Å². The maximum atomic E-state index is 14.1. The van der Waals surface area contributed by atoms with Gasteiger partial charge in [0, 0.05) is 31.6 Å². The normalized spacial score (nSPS) is 16.0. The number of rotatable bonds is 6. The first-order valence-corrected chi connectivity index (χ1v) is 11.5. The van der Waals surface area contributed by atoms with E-state index in [1.165, 1.54) is 6.07 Å². The fraction of sp³-hybridized carbons (Fsp3) is 0.481. The van der Waals surface area contributed by atoms with Gasteiger partial charge in [0.25, 0.3) is 0 Å². The van der Waals surface area contributed by atoms with Crippen LogP contribution in [0.1, 0.15) is 52.5 Å². The number of piperidine rings is 1. The van der Waals surface area contributed by atoms with Crippen LogP contribution < -0.4 is 5.32 Å². The van der Waals surface area contributed by atoms with Gasteiger partial charge in [0.1, 0.15) is 5.82 Å². The molecule has 1 fully saturated rings. The summed E-state index contributed by atoms with van der Waals surface area (Å²) in [6, 6.07) is 14.5. The second-order valence-electron chi connectivity index (χ2n) is 10.1. The third-order valence-electron chi connectivity index (χ3n) is 6.26. The molecule has 1 aliphatic rings. The van der Waals surface area contributed by atoms with Crippen molar-refractivity contribution in [3.63, 3.8) is 0 Å². The molecule has 2 aromatic carbocycles. The van der Waals surface area contributed by atoms with E-state index in [9.17, 15) is 14.0 Å². The zero-order valence-corrected chi connectivity index (χ0v) is 19.7. The average molecular weight is 439 g/mol. The van der Waals surface area contributed by atoms with Gasteiger partial charge in [-0.3, -0.25) is 9.59 Å². The van der Waals surface area contributed by atoms with Crippen molar-refractivity contribution in [1.82, 2.24) is 10.2 Å². The lowest BCUT2D eigenvalue weighted by atomic mass is 9.72. The minimum Gasteiger partial charge on any atom is -0.356 e. The Balaban J connectivity index is 1.75. The van der Waals surface area contributed by atoms with Gasteiger partial charge in [-0.25, -0.2) is 4.39 Å². The monoisotopic (exact) mass is 438 g/mol. The fourth-order valence-corrected chi connectivity index (χ4v) is 4.47. The number of halogens is 1. The molecule has 4 nitrogen and oxygen atoms in total. The number of nitrogens with zero attached hydrogens (tertiary/aromatic N) is 1. The summed E-state index contributed by atoms with van der Waals surface area (Å²) in [4.78, 5) is 27.7.